The lowest BCUT2D eigenvalue weighted by atomic mass is 10.1. The Morgan fingerprint density at radius 2 is 1.64 bits per heavy atom. The molecule has 0 aromatic heterocycles. The zero-order valence-corrected chi connectivity index (χ0v) is 11.8. The van der Waals surface area contributed by atoms with Crippen LogP contribution in [-0.2, 0) is 6.18 Å². The lowest BCUT2D eigenvalue weighted by molar-refractivity contribution is -0.137. The van der Waals surface area contributed by atoms with E-state index in [0.29, 0.717) is 18.7 Å². The van der Waals surface area contributed by atoms with Gasteiger partial charge in [0.05, 0.1) is 5.56 Å². The lowest BCUT2D eigenvalue weighted by Crippen LogP contribution is -2.25. The number of hydrogen-bond donors (Lipinski definition) is 2. The average molecular weight is 310 g/mol. The van der Waals surface area contributed by atoms with Crippen LogP contribution in [-0.4, -0.2) is 6.54 Å². The fourth-order valence-electron chi connectivity index (χ4n) is 2.06. The van der Waals surface area contributed by atoms with Crippen molar-refractivity contribution < 1.29 is 17.9 Å². The minimum Gasteiger partial charge on any atom is -0.486 e. The number of hydrazine groups is 1. The van der Waals surface area contributed by atoms with E-state index in [0.717, 1.165) is 17.7 Å². The number of hydrogen-bond acceptors (Lipinski definition) is 3. The highest BCUT2D eigenvalue weighted by Gasteiger charge is 2.30. The molecule has 2 aromatic carbocycles. The summed E-state index contributed by atoms with van der Waals surface area (Å²) < 4.78 is 43.5. The van der Waals surface area contributed by atoms with Crippen molar-refractivity contribution in [2.24, 2.45) is 5.84 Å². The van der Waals surface area contributed by atoms with Crippen LogP contribution in [0.15, 0.2) is 54.6 Å². The molecule has 2 rings (SSSR count). The van der Waals surface area contributed by atoms with Crippen molar-refractivity contribution in [1.82, 2.24) is 5.43 Å². The molecule has 0 aliphatic rings. The Bertz CT molecular complexity index is 570. The number of nitrogens with two attached hydrogens (primary N) is 1. The van der Waals surface area contributed by atoms with Crippen LogP contribution in [0.4, 0.5) is 13.2 Å². The van der Waals surface area contributed by atoms with Gasteiger partial charge >= 0.3 is 6.18 Å². The molecule has 0 amide bonds. The third kappa shape index (κ3) is 4.47. The van der Waals surface area contributed by atoms with Crippen LogP contribution in [0, 0.1) is 0 Å². The molecular weight excluding hydrogens is 293 g/mol. The topological polar surface area (TPSA) is 47.3 Å². The van der Waals surface area contributed by atoms with Gasteiger partial charge in [-0.25, -0.2) is 0 Å². The summed E-state index contributed by atoms with van der Waals surface area (Å²) in [5.41, 5.74) is 2.80. The van der Waals surface area contributed by atoms with Gasteiger partial charge in [0.25, 0.3) is 0 Å². The first kappa shape index (κ1) is 16.3. The Morgan fingerprint density at radius 3 is 2.18 bits per heavy atom. The molecule has 1 unspecified atom stereocenters. The van der Waals surface area contributed by atoms with Crippen molar-refractivity contribution in [3.05, 3.63) is 65.7 Å². The molecule has 0 aliphatic carbocycles. The van der Waals surface area contributed by atoms with E-state index in [4.69, 9.17) is 10.6 Å². The van der Waals surface area contributed by atoms with E-state index >= 15 is 0 Å². The molecule has 0 fully saturated rings. The average Bonchev–Trinajstić information content (AvgIpc) is 2.52. The van der Waals surface area contributed by atoms with E-state index in [9.17, 15) is 13.2 Å². The third-order valence-electron chi connectivity index (χ3n) is 3.18. The van der Waals surface area contributed by atoms with Crippen LogP contribution in [0.1, 0.15) is 23.7 Å². The van der Waals surface area contributed by atoms with Gasteiger partial charge in [0.15, 0.2) is 0 Å². The van der Waals surface area contributed by atoms with Crippen molar-refractivity contribution >= 4 is 0 Å². The largest absolute Gasteiger partial charge is 0.486 e. The monoisotopic (exact) mass is 310 g/mol. The molecule has 22 heavy (non-hydrogen) atoms. The van der Waals surface area contributed by atoms with E-state index in [1.807, 2.05) is 30.3 Å². The molecule has 0 bridgehead atoms. The van der Waals surface area contributed by atoms with Crippen LogP contribution < -0.4 is 16.0 Å². The summed E-state index contributed by atoms with van der Waals surface area (Å²) in [7, 11) is 0. The smallest absolute Gasteiger partial charge is 0.416 e. The van der Waals surface area contributed by atoms with Crippen LogP contribution in [0.2, 0.25) is 0 Å². The SMILES string of the molecule is NNCCC(Oc1ccc(C(F)(F)F)cc1)c1ccccc1. The van der Waals surface area contributed by atoms with Crippen molar-refractivity contribution in [2.45, 2.75) is 18.7 Å². The van der Waals surface area contributed by atoms with E-state index < -0.39 is 11.7 Å². The summed E-state index contributed by atoms with van der Waals surface area (Å²) >= 11 is 0. The predicted molar refractivity (Wildman–Crippen MR) is 78.1 cm³/mol. The Balaban J connectivity index is 2.13. The first-order valence-electron chi connectivity index (χ1n) is 6.83. The Morgan fingerprint density at radius 1 is 1.00 bits per heavy atom. The lowest BCUT2D eigenvalue weighted by Gasteiger charge is -2.20. The standard InChI is InChI=1S/C16H17F3N2O/c17-16(18,19)13-6-8-14(9-7-13)22-15(10-11-21-20)12-4-2-1-3-5-12/h1-9,15,21H,10-11,20H2. The molecule has 0 spiro atoms. The summed E-state index contributed by atoms with van der Waals surface area (Å²) in [6.45, 7) is 0.528. The van der Waals surface area contributed by atoms with Gasteiger partial charge in [0, 0.05) is 13.0 Å². The van der Waals surface area contributed by atoms with Gasteiger partial charge in [0.1, 0.15) is 11.9 Å². The molecular formula is C16H17F3N2O. The molecule has 3 N–H and O–H groups in total. The summed E-state index contributed by atoms with van der Waals surface area (Å²) in [6.07, 6.45) is -4.03. The highest BCUT2D eigenvalue weighted by atomic mass is 19.4. The first-order chi connectivity index (χ1) is 10.5. The molecule has 118 valence electrons. The van der Waals surface area contributed by atoms with Gasteiger partial charge in [-0.1, -0.05) is 30.3 Å². The summed E-state index contributed by atoms with van der Waals surface area (Å²) in [5, 5.41) is 0. The molecule has 1 atom stereocenters. The molecule has 0 aliphatic heterocycles. The number of benzene rings is 2. The molecule has 0 saturated carbocycles. The quantitative estimate of drug-likeness (QED) is 0.632. The van der Waals surface area contributed by atoms with E-state index in [-0.39, 0.29) is 6.10 Å². The Hall–Kier alpha value is -2.05. The fourth-order valence-corrected chi connectivity index (χ4v) is 2.06. The second-order valence-electron chi connectivity index (χ2n) is 4.78. The zero-order valence-electron chi connectivity index (χ0n) is 11.8. The normalized spacial score (nSPS) is 12.9. The molecule has 0 heterocycles. The van der Waals surface area contributed by atoms with Crippen LogP contribution in [0.5, 0.6) is 5.75 Å². The van der Waals surface area contributed by atoms with Crippen LogP contribution >= 0.6 is 0 Å². The number of halogens is 3. The third-order valence-corrected chi connectivity index (χ3v) is 3.18. The van der Waals surface area contributed by atoms with E-state index in [1.165, 1.54) is 12.1 Å². The van der Waals surface area contributed by atoms with Crippen molar-refractivity contribution in [3.8, 4) is 5.75 Å². The van der Waals surface area contributed by atoms with Gasteiger partial charge in [-0.05, 0) is 29.8 Å². The maximum atomic E-state index is 12.6. The highest BCUT2D eigenvalue weighted by molar-refractivity contribution is 5.30. The Labute approximate surface area is 126 Å². The number of rotatable bonds is 6. The molecule has 3 nitrogen and oxygen atoms in total. The van der Waals surface area contributed by atoms with Gasteiger partial charge < -0.3 is 4.74 Å². The fraction of sp³-hybridized carbons (Fsp3) is 0.250. The molecule has 0 saturated heterocycles. The Kier molecular flexibility index (Phi) is 5.41. The summed E-state index contributed by atoms with van der Waals surface area (Å²) in [5.74, 6) is 5.67. The van der Waals surface area contributed by atoms with Gasteiger partial charge in [-0.3, -0.25) is 11.3 Å². The highest BCUT2D eigenvalue weighted by Crippen LogP contribution is 2.31. The van der Waals surface area contributed by atoms with Gasteiger partial charge in [0.2, 0.25) is 0 Å². The van der Waals surface area contributed by atoms with Gasteiger partial charge in [-0.2, -0.15) is 13.2 Å². The van der Waals surface area contributed by atoms with Crippen LogP contribution in [0.25, 0.3) is 0 Å². The van der Waals surface area contributed by atoms with E-state index in [1.54, 1.807) is 0 Å². The number of ether oxygens (including phenoxy) is 1. The second-order valence-corrected chi connectivity index (χ2v) is 4.78. The summed E-state index contributed by atoms with van der Waals surface area (Å²) in [4.78, 5) is 0. The predicted octanol–water partition coefficient (Wildman–Crippen LogP) is 3.68. The molecule has 2 aromatic rings. The zero-order chi connectivity index (χ0) is 16.0. The first-order valence-corrected chi connectivity index (χ1v) is 6.83. The van der Waals surface area contributed by atoms with Crippen molar-refractivity contribution in [3.63, 3.8) is 0 Å². The molecule has 0 radical (unpaired) electrons. The van der Waals surface area contributed by atoms with E-state index in [2.05, 4.69) is 5.43 Å². The van der Waals surface area contributed by atoms with Gasteiger partial charge in [-0.15, -0.1) is 0 Å². The minimum atomic E-state index is -4.35. The maximum absolute atomic E-state index is 12.6. The number of nitrogens with one attached hydrogen (secondary N) is 1. The van der Waals surface area contributed by atoms with Crippen LogP contribution in [0.3, 0.4) is 0 Å². The second kappa shape index (κ2) is 7.29. The summed E-state index contributed by atoms with van der Waals surface area (Å²) in [6, 6.07) is 14.2. The minimum absolute atomic E-state index is 0.283. The van der Waals surface area contributed by atoms with Crippen molar-refractivity contribution in [1.29, 1.82) is 0 Å². The maximum Gasteiger partial charge on any atom is 0.416 e. The molecule has 6 heteroatoms. The van der Waals surface area contributed by atoms with Crippen molar-refractivity contribution in [2.75, 3.05) is 6.54 Å². The number of alkyl halides is 3.